The van der Waals surface area contributed by atoms with Gasteiger partial charge in [0.2, 0.25) is 0 Å². The number of furan rings is 1. The Hall–Kier alpha value is -0.540. The van der Waals surface area contributed by atoms with Crippen LogP contribution in [0.25, 0.3) is 0 Å². The van der Waals surface area contributed by atoms with E-state index in [9.17, 15) is 0 Å². The molecule has 0 saturated heterocycles. The molecule has 1 atom stereocenters. The van der Waals surface area contributed by atoms with Gasteiger partial charge < -0.3 is 9.73 Å². The quantitative estimate of drug-likeness (QED) is 0.875. The van der Waals surface area contributed by atoms with Crippen LogP contribution in [0.2, 0.25) is 0 Å². The van der Waals surface area contributed by atoms with E-state index in [1.165, 1.54) is 0 Å². The van der Waals surface area contributed by atoms with E-state index < -0.39 is 0 Å². The summed E-state index contributed by atoms with van der Waals surface area (Å²) >= 11 is 3.31. The van der Waals surface area contributed by atoms with Gasteiger partial charge in [-0.25, -0.2) is 0 Å². The molecule has 0 saturated carbocycles. The zero-order valence-electron chi connectivity index (χ0n) is 8.64. The Morgan fingerprint density at radius 1 is 1.64 bits per heavy atom. The van der Waals surface area contributed by atoms with Crippen LogP contribution in [0, 0.1) is 0 Å². The SMILES string of the molecule is C=C(Br)CNC(C)c1ccc(CC)o1. The molecule has 0 bridgehead atoms. The van der Waals surface area contributed by atoms with Crippen LogP contribution in [-0.2, 0) is 6.42 Å². The van der Waals surface area contributed by atoms with Gasteiger partial charge in [-0.1, -0.05) is 29.4 Å². The fourth-order valence-electron chi connectivity index (χ4n) is 1.18. The van der Waals surface area contributed by atoms with Crippen LogP contribution in [0.1, 0.15) is 31.4 Å². The van der Waals surface area contributed by atoms with Crippen molar-refractivity contribution in [1.82, 2.24) is 5.32 Å². The zero-order valence-corrected chi connectivity index (χ0v) is 10.2. The number of nitrogens with one attached hydrogen (secondary N) is 1. The Labute approximate surface area is 93.5 Å². The molecule has 0 aliphatic rings. The van der Waals surface area contributed by atoms with Gasteiger partial charge in [0, 0.05) is 17.4 Å². The number of halogens is 1. The predicted molar refractivity (Wildman–Crippen MR) is 62.6 cm³/mol. The molecule has 1 N–H and O–H groups in total. The summed E-state index contributed by atoms with van der Waals surface area (Å²) in [7, 11) is 0. The second kappa shape index (κ2) is 5.37. The summed E-state index contributed by atoms with van der Waals surface area (Å²) in [6.45, 7) is 8.68. The van der Waals surface area contributed by atoms with Crippen molar-refractivity contribution in [3.05, 3.63) is 34.7 Å². The first-order chi connectivity index (χ1) is 6.63. The summed E-state index contributed by atoms with van der Waals surface area (Å²) in [6.07, 6.45) is 0.942. The van der Waals surface area contributed by atoms with E-state index in [-0.39, 0.29) is 6.04 Å². The van der Waals surface area contributed by atoms with Crippen LogP contribution >= 0.6 is 15.9 Å². The average molecular weight is 258 g/mol. The van der Waals surface area contributed by atoms with Crippen molar-refractivity contribution in [2.45, 2.75) is 26.3 Å². The largest absolute Gasteiger partial charge is 0.464 e. The van der Waals surface area contributed by atoms with Gasteiger partial charge in [0.1, 0.15) is 11.5 Å². The number of rotatable bonds is 5. The fraction of sp³-hybridized carbons (Fsp3) is 0.455. The van der Waals surface area contributed by atoms with E-state index in [0.717, 1.165) is 29.0 Å². The van der Waals surface area contributed by atoms with Gasteiger partial charge in [-0.05, 0) is 19.1 Å². The Kier molecular flexibility index (Phi) is 4.42. The number of hydrogen-bond donors (Lipinski definition) is 1. The van der Waals surface area contributed by atoms with Crippen LogP contribution in [0.15, 0.2) is 27.6 Å². The van der Waals surface area contributed by atoms with Crippen LogP contribution in [0.3, 0.4) is 0 Å². The molecule has 3 heteroatoms. The Morgan fingerprint density at radius 3 is 2.86 bits per heavy atom. The van der Waals surface area contributed by atoms with Gasteiger partial charge in [0.25, 0.3) is 0 Å². The molecular weight excluding hydrogens is 242 g/mol. The van der Waals surface area contributed by atoms with Crippen LogP contribution in [0.5, 0.6) is 0 Å². The monoisotopic (exact) mass is 257 g/mol. The lowest BCUT2D eigenvalue weighted by atomic mass is 10.2. The molecule has 0 amide bonds. The minimum atomic E-state index is 0.226. The van der Waals surface area contributed by atoms with E-state index in [1.54, 1.807) is 0 Å². The first-order valence-corrected chi connectivity index (χ1v) is 5.58. The average Bonchev–Trinajstić information content (AvgIpc) is 2.62. The van der Waals surface area contributed by atoms with Gasteiger partial charge in [-0.15, -0.1) is 0 Å². The molecule has 0 aliphatic heterocycles. The van der Waals surface area contributed by atoms with Gasteiger partial charge in [-0.2, -0.15) is 0 Å². The summed E-state index contributed by atoms with van der Waals surface area (Å²) in [6, 6.07) is 4.27. The van der Waals surface area contributed by atoms with E-state index in [4.69, 9.17) is 4.42 Å². The van der Waals surface area contributed by atoms with Crippen molar-refractivity contribution < 1.29 is 4.42 Å². The van der Waals surface area contributed by atoms with Crippen LogP contribution in [0.4, 0.5) is 0 Å². The van der Waals surface area contributed by atoms with Crippen molar-refractivity contribution in [3.63, 3.8) is 0 Å². The minimum absolute atomic E-state index is 0.226. The molecule has 2 nitrogen and oxygen atoms in total. The second-order valence-electron chi connectivity index (χ2n) is 3.28. The zero-order chi connectivity index (χ0) is 10.6. The molecule has 14 heavy (non-hydrogen) atoms. The minimum Gasteiger partial charge on any atom is -0.464 e. The molecule has 0 fully saturated rings. The Balaban J connectivity index is 2.51. The standard InChI is InChI=1S/C11H16BrNO/c1-4-10-5-6-11(14-10)9(3)13-7-8(2)12/h5-6,9,13H,2,4,7H2,1,3H3. The van der Waals surface area contributed by atoms with Crippen molar-refractivity contribution in [2.75, 3.05) is 6.54 Å². The highest BCUT2D eigenvalue weighted by Gasteiger charge is 2.08. The van der Waals surface area contributed by atoms with E-state index in [2.05, 4.69) is 41.7 Å². The van der Waals surface area contributed by atoms with Crippen LogP contribution in [-0.4, -0.2) is 6.54 Å². The smallest absolute Gasteiger partial charge is 0.120 e. The third-order valence-electron chi connectivity index (χ3n) is 2.06. The molecular formula is C11H16BrNO. The van der Waals surface area contributed by atoms with Gasteiger partial charge in [0.05, 0.1) is 6.04 Å². The first kappa shape index (κ1) is 11.5. The molecule has 0 aromatic carbocycles. The maximum atomic E-state index is 5.62. The van der Waals surface area contributed by atoms with Crippen molar-refractivity contribution in [2.24, 2.45) is 0 Å². The van der Waals surface area contributed by atoms with Gasteiger partial charge in [0.15, 0.2) is 0 Å². The van der Waals surface area contributed by atoms with Crippen LogP contribution < -0.4 is 5.32 Å². The normalized spacial score (nSPS) is 12.8. The molecule has 1 aromatic rings. The summed E-state index contributed by atoms with van der Waals surface area (Å²) < 4.78 is 6.57. The molecule has 0 aliphatic carbocycles. The van der Waals surface area contributed by atoms with Crippen molar-refractivity contribution >= 4 is 15.9 Å². The molecule has 1 aromatic heterocycles. The third kappa shape index (κ3) is 3.31. The highest BCUT2D eigenvalue weighted by atomic mass is 79.9. The van der Waals surface area contributed by atoms with Gasteiger partial charge in [-0.3, -0.25) is 0 Å². The van der Waals surface area contributed by atoms with E-state index in [0.29, 0.717) is 0 Å². The summed E-state index contributed by atoms with van der Waals surface area (Å²) in [5.74, 6) is 2.02. The lowest BCUT2D eigenvalue weighted by molar-refractivity contribution is 0.416. The van der Waals surface area contributed by atoms with Crippen molar-refractivity contribution in [1.29, 1.82) is 0 Å². The highest BCUT2D eigenvalue weighted by molar-refractivity contribution is 9.11. The Morgan fingerprint density at radius 2 is 2.36 bits per heavy atom. The number of aryl methyl sites for hydroxylation is 1. The molecule has 78 valence electrons. The molecule has 0 radical (unpaired) electrons. The summed E-state index contributed by atoms with van der Waals surface area (Å²) in [5, 5.41) is 3.30. The van der Waals surface area contributed by atoms with E-state index >= 15 is 0 Å². The highest BCUT2D eigenvalue weighted by Crippen LogP contribution is 2.16. The van der Waals surface area contributed by atoms with E-state index in [1.807, 2.05) is 12.1 Å². The lowest BCUT2D eigenvalue weighted by Gasteiger charge is -2.10. The predicted octanol–water partition coefficient (Wildman–Crippen LogP) is 3.40. The maximum Gasteiger partial charge on any atom is 0.120 e. The molecule has 1 rings (SSSR count). The fourth-order valence-corrected chi connectivity index (χ4v) is 1.34. The molecule has 1 heterocycles. The third-order valence-corrected chi connectivity index (χ3v) is 2.34. The second-order valence-corrected chi connectivity index (χ2v) is 4.40. The van der Waals surface area contributed by atoms with Crippen molar-refractivity contribution in [3.8, 4) is 0 Å². The molecule has 1 unspecified atom stereocenters. The maximum absolute atomic E-state index is 5.62. The first-order valence-electron chi connectivity index (χ1n) is 4.78. The lowest BCUT2D eigenvalue weighted by Crippen LogP contribution is -2.19. The topological polar surface area (TPSA) is 25.2 Å². The molecule has 0 spiro atoms. The van der Waals surface area contributed by atoms with Gasteiger partial charge >= 0.3 is 0 Å². The summed E-state index contributed by atoms with van der Waals surface area (Å²) in [4.78, 5) is 0. The Bertz CT molecular complexity index is 306. The number of hydrogen-bond acceptors (Lipinski definition) is 2. The summed E-state index contributed by atoms with van der Waals surface area (Å²) in [5.41, 5.74) is 0.